The maximum atomic E-state index is 12.5. The molecule has 1 saturated heterocycles. The van der Waals surface area contributed by atoms with Crippen molar-refractivity contribution in [3.05, 3.63) is 54.4 Å². The van der Waals surface area contributed by atoms with Crippen molar-refractivity contribution >= 4 is 35.2 Å². The SMILES string of the molecule is CSc1ccc(NC(=O)N2CCSC2c2cccnc2)cc1. The summed E-state index contributed by atoms with van der Waals surface area (Å²) in [5, 5.41) is 3.02. The lowest BCUT2D eigenvalue weighted by atomic mass is 10.2. The number of carbonyl (C=O) groups is 1. The highest BCUT2D eigenvalue weighted by Gasteiger charge is 2.30. The van der Waals surface area contributed by atoms with Gasteiger partial charge in [-0.15, -0.1) is 23.5 Å². The van der Waals surface area contributed by atoms with Crippen molar-refractivity contribution in [2.24, 2.45) is 0 Å². The molecule has 1 aliphatic rings. The second-order valence-corrected chi connectivity index (χ2v) is 6.93. The molecular weight excluding hydrogens is 314 g/mol. The Bertz CT molecular complexity index is 634. The van der Waals surface area contributed by atoms with E-state index in [4.69, 9.17) is 0 Å². The first kappa shape index (κ1) is 15.2. The summed E-state index contributed by atoms with van der Waals surface area (Å²) >= 11 is 3.46. The molecule has 0 bridgehead atoms. The average molecular weight is 331 g/mol. The molecular formula is C16H17N3OS2. The normalized spacial score (nSPS) is 17.5. The summed E-state index contributed by atoms with van der Waals surface area (Å²) in [6.07, 6.45) is 5.62. The van der Waals surface area contributed by atoms with Gasteiger partial charge in [-0.2, -0.15) is 0 Å². The third-order valence-electron chi connectivity index (χ3n) is 3.46. The summed E-state index contributed by atoms with van der Waals surface area (Å²) in [4.78, 5) is 19.7. The molecule has 2 amide bonds. The molecule has 114 valence electrons. The molecule has 0 radical (unpaired) electrons. The molecule has 1 aliphatic heterocycles. The van der Waals surface area contributed by atoms with E-state index < -0.39 is 0 Å². The van der Waals surface area contributed by atoms with Crippen LogP contribution in [0.3, 0.4) is 0 Å². The summed E-state index contributed by atoms with van der Waals surface area (Å²) < 4.78 is 0. The van der Waals surface area contributed by atoms with Gasteiger partial charge in [0.2, 0.25) is 0 Å². The van der Waals surface area contributed by atoms with Gasteiger partial charge in [0.25, 0.3) is 0 Å². The Kier molecular flexibility index (Phi) is 4.90. The molecule has 2 heterocycles. The minimum absolute atomic E-state index is 0.0409. The lowest BCUT2D eigenvalue weighted by molar-refractivity contribution is 0.214. The highest BCUT2D eigenvalue weighted by molar-refractivity contribution is 7.99. The Morgan fingerprint density at radius 2 is 2.18 bits per heavy atom. The van der Waals surface area contributed by atoms with E-state index in [1.165, 1.54) is 4.90 Å². The molecule has 1 aromatic heterocycles. The highest BCUT2D eigenvalue weighted by atomic mass is 32.2. The maximum Gasteiger partial charge on any atom is 0.323 e. The molecule has 1 N–H and O–H groups in total. The molecule has 3 rings (SSSR count). The van der Waals surface area contributed by atoms with Crippen LogP contribution in [-0.4, -0.2) is 34.5 Å². The van der Waals surface area contributed by atoms with Gasteiger partial charge in [0.15, 0.2) is 0 Å². The zero-order valence-electron chi connectivity index (χ0n) is 12.2. The van der Waals surface area contributed by atoms with E-state index >= 15 is 0 Å². The first-order valence-corrected chi connectivity index (χ1v) is 9.28. The van der Waals surface area contributed by atoms with Gasteiger partial charge in [0.05, 0.1) is 0 Å². The number of benzene rings is 1. The maximum absolute atomic E-state index is 12.5. The summed E-state index contributed by atoms with van der Waals surface area (Å²) in [5.41, 5.74) is 1.89. The third-order valence-corrected chi connectivity index (χ3v) is 5.47. The number of hydrogen-bond acceptors (Lipinski definition) is 4. The van der Waals surface area contributed by atoms with E-state index in [1.54, 1.807) is 29.7 Å². The number of aromatic nitrogens is 1. The molecule has 6 heteroatoms. The number of pyridine rings is 1. The van der Waals surface area contributed by atoms with Crippen molar-refractivity contribution in [2.75, 3.05) is 23.9 Å². The van der Waals surface area contributed by atoms with Crippen molar-refractivity contribution < 1.29 is 4.79 Å². The third kappa shape index (κ3) is 3.39. The Morgan fingerprint density at radius 1 is 1.36 bits per heavy atom. The predicted octanol–water partition coefficient (Wildman–Crippen LogP) is 4.08. The van der Waals surface area contributed by atoms with E-state index in [-0.39, 0.29) is 11.4 Å². The number of nitrogens with zero attached hydrogens (tertiary/aromatic N) is 2. The molecule has 0 aliphatic carbocycles. The molecule has 0 saturated carbocycles. The van der Waals surface area contributed by atoms with Crippen LogP contribution in [0.15, 0.2) is 53.7 Å². The first-order chi connectivity index (χ1) is 10.8. The van der Waals surface area contributed by atoms with Gasteiger partial charge in [0.1, 0.15) is 5.37 Å². The van der Waals surface area contributed by atoms with Gasteiger partial charge in [-0.25, -0.2) is 4.79 Å². The van der Waals surface area contributed by atoms with Crippen molar-refractivity contribution in [1.82, 2.24) is 9.88 Å². The summed E-state index contributed by atoms with van der Waals surface area (Å²) in [6, 6.07) is 11.8. The zero-order valence-corrected chi connectivity index (χ0v) is 13.9. The number of thioether (sulfide) groups is 2. The second kappa shape index (κ2) is 7.07. The van der Waals surface area contributed by atoms with Crippen molar-refractivity contribution in [1.29, 1.82) is 0 Å². The molecule has 0 spiro atoms. The fraction of sp³-hybridized carbons (Fsp3) is 0.250. The van der Waals surface area contributed by atoms with Crippen LogP contribution >= 0.6 is 23.5 Å². The second-order valence-electron chi connectivity index (χ2n) is 4.86. The number of anilines is 1. The molecule has 2 aromatic rings. The first-order valence-electron chi connectivity index (χ1n) is 7.01. The smallest absolute Gasteiger partial charge is 0.308 e. The largest absolute Gasteiger partial charge is 0.323 e. The molecule has 1 aromatic carbocycles. The van der Waals surface area contributed by atoms with Crippen LogP contribution in [0.5, 0.6) is 0 Å². The lowest BCUT2D eigenvalue weighted by Crippen LogP contribution is -2.34. The fourth-order valence-electron chi connectivity index (χ4n) is 2.35. The molecule has 1 atom stereocenters. The van der Waals surface area contributed by atoms with Crippen LogP contribution in [0, 0.1) is 0 Å². The lowest BCUT2D eigenvalue weighted by Gasteiger charge is -2.24. The van der Waals surface area contributed by atoms with Gasteiger partial charge < -0.3 is 10.2 Å². The van der Waals surface area contributed by atoms with E-state index in [9.17, 15) is 4.79 Å². The number of carbonyl (C=O) groups excluding carboxylic acids is 1. The van der Waals surface area contributed by atoms with Crippen LogP contribution in [0.25, 0.3) is 0 Å². The quantitative estimate of drug-likeness (QED) is 0.861. The number of amides is 2. The predicted molar refractivity (Wildman–Crippen MR) is 93.4 cm³/mol. The molecule has 4 nitrogen and oxygen atoms in total. The summed E-state index contributed by atoms with van der Waals surface area (Å²) in [5.74, 6) is 0.943. The summed E-state index contributed by atoms with van der Waals surface area (Å²) in [6.45, 7) is 0.749. The monoisotopic (exact) mass is 331 g/mol. The number of nitrogens with one attached hydrogen (secondary N) is 1. The molecule has 1 fully saturated rings. The van der Waals surface area contributed by atoms with E-state index in [0.29, 0.717) is 0 Å². The van der Waals surface area contributed by atoms with Gasteiger partial charge in [-0.05, 0) is 36.6 Å². The van der Waals surface area contributed by atoms with Gasteiger partial charge >= 0.3 is 6.03 Å². The number of rotatable bonds is 3. The van der Waals surface area contributed by atoms with Crippen molar-refractivity contribution in [3.8, 4) is 0 Å². The van der Waals surface area contributed by atoms with Crippen LogP contribution in [0.2, 0.25) is 0 Å². The fourth-order valence-corrected chi connectivity index (χ4v) is 3.99. The average Bonchev–Trinajstić information content (AvgIpc) is 3.06. The van der Waals surface area contributed by atoms with E-state index in [1.807, 2.05) is 53.8 Å². The van der Waals surface area contributed by atoms with E-state index in [0.717, 1.165) is 23.5 Å². The van der Waals surface area contributed by atoms with Crippen molar-refractivity contribution in [3.63, 3.8) is 0 Å². The topological polar surface area (TPSA) is 45.2 Å². The Morgan fingerprint density at radius 3 is 2.86 bits per heavy atom. The number of urea groups is 1. The van der Waals surface area contributed by atoms with Gasteiger partial charge in [-0.1, -0.05) is 6.07 Å². The number of hydrogen-bond donors (Lipinski definition) is 1. The van der Waals surface area contributed by atoms with Crippen LogP contribution in [0.4, 0.5) is 10.5 Å². The highest BCUT2D eigenvalue weighted by Crippen LogP contribution is 2.37. The van der Waals surface area contributed by atoms with Crippen LogP contribution in [0.1, 0.15) is 10.9 Å². The zero-order chi connectivity index (χ0) is 15.4. The Hall–Kier alpha value is -1.66. The molecule has 22 heavy (non-hydrogen) atoms. The van der Waals surface area contributed by atoms with E-state index in [2.05, 4.69) is 10.3 Å². The minimum Gasteiger partial charge on any atom is -0.308 e. The van der Waals surface area contributed by atoms with Crippen LogP contribution < -0.4 is 5.32 Å². The Labute approximate surface area is 138 Å². The van der Waals surface area contributed by atoms with Crippen LogP contribution in [-0.2, 0) is 0 Å². The van der Waals surface area contributed by atoms with Gasteiger partial charge in [0, 0.05) is 40.8 Å². The van der Waals surface area contributed by atoms with Gasteiger partial charge in [-0.3, -0.25) is 4.98 Å². The summed E-state index contributed by atoms with van der Waals surface area (Å²) in [7, 11) is 0. The Balaban J connectivity index is 1.70. The standard InChI is InChI=1S/C16H17N3OS2/c1-21-14-6-4-13(5-7-14)18-16(20)19-9-10-22-15(19)12-3-2-8-17-11-12/h2-8,11,15H,9-10H2,1H3,(H,18,20). The molecule has 1 unspecified atom stereocenters. The van der Waals surface area contributed by atoms with Crippen molar-refractivity contribution in [2.45, 2.75) is 10.3 Å². The minimum atomic E-state index is -0.0595.